The Hall–Kier alpha value is -1.33. The monoisotopic (exact) mass is 322 g/mol. The van der Waals surface area contributed by atoms with Crippen LogP contribution in [0.1, 0.15) is 17.7 Å². The molecule has 0 aliphatic carbocycles. The lowest BCUT2D eigenvalue weighted by Crippen LogP contribution is -2.23. The Bertz CT molecular complexity index is 584. The van der Waals surface area contributed by atoms with Crippen LogP contribution in [0.4, 0.5) is 0 Å². The number of aliphatic hydroxyl groups is 1. The van der Waals surface area contributed by atoms with Crippen molar-refractivity contribution in [2.75, 3.05) is 26.2 Å². The molecule has 0 fully saturated rings. The van der Waals surface area contributed by atoms with E-state index in [0.717, 1.165) is 47.2 Å². The van der Waals surface area contributed by atoms with Gasteiger partial charge in [0.2, 0.25) is 0 Å². The van der Waals surface area contributed by atoms with E-state index < -0.39 is 0 Å². The highest BCUT2D eigenvalue weighted by molar-refractivity contribution is 6.31. The number of furan rings is 1. The van der Waals surface area contributed by atoms with Crippen LogP contribution < -0.4 is 10.6 Å². The summed E-state index contributed by atoms with van der Waals surface area (Å²) in [4.78, 5) is 0. The van der Waals surface area contributed by atoms with E-state index in [1.807, 2.05) is 37.3 Å². The van der Waals surface area contributed by atoms with Crippen molar-refractivity contribution in [3.63, 3.8) is 0 Å². The first-order valence-corrected chi connectivity index (χ1v) is 7.96. The molecule has 1 aromatic carbocycles. The molecule has 2 aromatic rings. The van der Waals surface area contributed by atoms with Gasteiger partial charge in [0.25, 0.3) is 0 Å². The zero-order chi connectivity index (χ0) is 15.8. The third-order valence-electron chi connectivity index (χ3n) is 3.49. The predicted molar refractivity (Wildman–Crippen MR) is 90.2 cm³/mol. The van der Waals surface area contributed by atoms with Crippen molar-refractivity contribution < 1.29 is 9.52 Å². The third kappa shape index (κ3) is 4.85. The van der Waals surface area contributed by atoms with Gasteiger partial charge in [0.15, 0.2) is 0 Å². The summed E-state index contributed by atoms with van der Waals surface area (Å²) in [6.45, 7) is 5.35. The highest BCUT2D eigenvalue weighted by atomic mass is 35.5. The van der Waals surface area contributed by atoms with Gasteiger partial charge in [-0.2, -0.15) is 0 Å². The van der Waals surface area contributed by atoms with Gasteiger partial charge in [0.1, 0.15) is 11.5 Å². The molecule has 0 radical (unpaired) electrons. The van der Waals surface area contributed by atoms with E-state index in [4.69, 9.17) is 21.1 Å². The fraction of sp³-hybridized carbons (Fsp3) is 0.412. The maximum atomic E-state index is 8.65. The largest absolute Gasteiger partial charge is 0.460 e. The first kappa shape index (κ1) is 17.0. The predicted octanol–water partition coefficient (Wildman–Crippen LogP) is 2.97. The van der Waals surface area contributed by atoms with Gasteiger partial charge in [-0.1, -0.05) is 23.7 Å². The SMILES string of the molecule is Cc1c(Cl)cccc1-c1ccc(CNCCCNCCO)o1. The zero-order valence-electron chi connectivity index (χ0n) is 12.9. The molecule has 3 N–H and O–H groups in total. The van der Waals surface area contributed by atoms with Crippen molar-refractivity contribution in [2.45, 2.75) is 19.9 Å². The van der Waals surface area contributed by atoms with Gasteiger partial charge in [-0.05, 0) is 50.2 Å². The third-order valence-corrected chi connectivity index (χ3v) is 3.90. The average Bonchev–Trinajstić information content (AvgIpc) is 2.98. The number of hydrogen-bond acceptors (Lipinski definition) is 4. The zero-order valence-corrected chi connectivity index (χ0v) is 13.6. The van der Waals surface area contributed by atoms with Crippen LogP contribution in [0.3, 0.4) is 0 Å². The summed E-state index contributed by atoms with van der Waals surface area (Å²) in [6.07, 6.45) is 1.01. The van der Waals surface area contributed by atoms with Gasteiger partial charge in [0, 0.05) is 17.1 Å². The molecule has 22 heavy (non-hydrogen) atoms. The minimum absolute atomic E-state index is 0.186. The Kier molecular flexibility index (Phi) is 6.93. The lowest BCUT2D eigenvalue weighted by atomic mass is 10.1. The molecule has 0 saturated carbocycles. The van der Waals surface area contributed by atoms with Crippen LogP contribution in [-0.4, -0.2) is 31.3 Å². The molecule has 0 amide bonds. The van der Waals surface area contributed by atoms with E-state index in [1.165, 1.54) is 0 Å². The maximum Gasteiger partial charge on any atom is 0.134 e. The van der Waals surface area contributed by atoms with Crippen LogP contribution in [-0.2, 0) is 6.54 Å². The summed E-state index contributed by atoms with van der Waals surface area (Å²) >= 11 is 6.15. The Balaban J connectivity index is 1.81. The van der Waals surface area contributed by atoms with E-state index in [-0.39, 0.29) is 6.61 Å². The molecule has 4 nitrogen and oxygen atoms in total. The quantitative estimate of drug-likeness (QED) is 0.621. The van der Waals surface area contributed by atoms with Crippen LogP contribution in [0.25, 0.3) is 11.3 Å². The highest BCUT2D eigenvalue weighted by Gasteiger charge is 2.09. The standard InChI is InChI=1S/C17H23ClN2O2/c1-13-15(4-2-5-16(13)18)17-7-6-14(22-17)12-20-9-3-8-19-10-11-21/h2,4-7,19-21H,3,8-12H2,1H3. The van der Waals surface area contributed by atoms with Crippen molar-refractivity contribution >= 4 is 11.6 Å². The van der Waals surface area contributed by atoms with Gasteiger partial charge < -0.3 is 20.2 Å². The van der Waals surface area contributed by atoms with E-state index >= 15 is 0 Å². The van der Waals surface area contributed by atoms with Crippen molar-refractivity contribution in [3.05, 3.63) is 46.7 Å². The molecule has 1 heterocycles. The van der Waals surface area contributed by atoms with Gasteiger partial charge in [-0.3, -0.25) is 0 Å². The number of aliphatic hydroxyl groups excluding tert-OH is 1. The van der Waals surface area contributed by atoms with E-state index in [9.17, 15) is 0 Å². The summed E-state index contributed by atoms with van der Waals surface area (Å²) in [7, 11) is 0. The maximum absolute atomic E-state index is 8.65. The second-order valence-corrected chi connectivity index (χ2v) is 5.59. The first-order chi connectivity index (χ1) is 10.7. The van der Waals surface area contributed by atoms with Crippen LogP contribution in [0.5, 0.6) is 0 Å². The van der Waals surface area contributed by atoms with E-state index in [1.54, 1.807) is 0 Å². The fourth-order valence-corrected chi connectivity index (χ4v) is 2.42. The fourth-order valence-electron chi connectivity index (χ4n) is 2.25. The molecule has 1 aromatic heterocycles. The number of hydrogen-bond donors (Lipinski definition) is 3. The molecule has 2 rings (SSSR count). The lowest BCUT2D eigenvalue weighted by molar-refractivity contribution is 0.292. The molecule has 5 heteroatoms. The van der Waals surface area contributed by atoms with E-state index in [0.29, 0.717) is 13.1 Å². The van der Waals surface area contributed by atoms with Gasteiger partial charge in [0.05, 0.1) is 13.2 Å². The molecule has 0 atom stereocenters. The molecule has 0 unspecified atom stereocenters. The second-order valence-electron chi connectivity index (χ2n) is 5.18. The highest BCUT2D eigenvalue weighted by Crippen LogP contribution is 2.29. The molecule has 0 bridgehead atoms. The number of rotatable bonds is 9. The molecule has 0 spiro atoms. The lowest BCUT2D eigenvalue weighted by Gasteiger charge is -2.05. The Morgan fingerprint density at radius 3 is 2.73 bits per heavy atom. The molecule has 0 saturated heterocycles. The average molecular weight is 323 g/mol. The van der Waals surface area contributed by atoms with Crippen LogP contribution in [0.15, 0.2) is 34.7 Å². The summed E-state index contributed by atoms with van der Waals surface area (Å²) in [5.41, 5.74) is 2.07. The first-order valence-electron chi connectivity index (χ1n) is 7.59. The summed E-state index contributed by atoms with van der Waals surface area (Å²) in [5, 5.41) is 15.9. The molecule has 120 valence electrons. The Morgan fingerprint density at radius 2 is 1.91 bits per heavy atom. The van der Waals surface area contributed by atoms with Crippen LogP contribution in [0.2, 0.25) is 5.02 Å². The van der Waals surface area contributed by atoms with Crippen LogP contribution >= 0.6 is 11.6 Å². The second kappa shape index (κ2) is 8.96. The van der Waals surface area contributed by atoms with Crippen molar-refractivity contribution in [1.82, 2.24) is 10.6 Å². The van der Waals surface area contributed by atoms with Crippen molar-refractivity contribution in [3.8, 4) is 11.3 Å². The molecule has 0 aliphatic heterocycles. The molecule has 0 aliphatic rings. The molecular weight excluding hydrogens is 300 g/mol. The molecular formula is C17H23ClN2O2. The smallest absolute Gasteiger partial charge is 0.134 e. The minimum atomic E-state index is 0.186. The number of benzene rings is 1. The summed E-state index contributed by atoms with van der Waals surface area (Å²) < 4.78 is 5.88. The van der Waals surface area contributed by atoms with Gasteiger partial charge in [-0.25, -0.2) is 0 Å². The van der Waals surface area contributed by atoms with Gasteiger partial charge >= 0.3 is 0 Å². The van der Waals surface area contributed by atoms with Crippen molar-refractivity contribution in [2.24, 2.45) is 0 Å². The van der Waals surface area contributed by atoms with Crippen LogP contribution in [0, 0.1) is 6.92 Å². The topological polar surface area (TPSA) is 57.4 Å². The number of halogens is 1. The van der Waals surface area contributed by atoms with Gasteiger partial charge in [-0.15, -0.1) is 0 Å². The summed E-state index contributed by atoms with van der Waals surface area (Å²) in [5.74, 6) is 1.76. The Labute approximate surface area is 136 Å². The minimum Gasteiger partial charge on any atom is -0.460 e. The van der Waals surface area contributed by atoms with Crippen molar-refractivity contribution in [1.29, 1.82) is 0 Å². The number of nitrogens with one attached hydrogen (secondary N) is 2. The normalized spacial score (nSPS) is 11.0. The summed E-state index contributed by atoms with van der Waals surface area (Å²) in [6, 6.07) is 9.82. The van der Waals surface area contributed by atoms with E-state index in [2.05, 4.69) is 10.6 Å². The Morgan fingerprint density at radius 1 is 1.09 bits per heavy atom.